The lowest BCUT2D eigenvalue weighted by molar-refractivity contribution is 0.273. The first-order valence-electron chi connectivity index (χ1n) is 8.25. The largest absolute Gasteiger partial charge is 0.497 e. The van der Waals surface area contributed by atoms with Gasteiger partial charge in [-0.15, -0.1) is 0 Å². The molecule has 27 heavy (non-hydrogen) atoms. The Balaban J connectivity index is 1.73. The molecule has 0 amide bonds. The highest BCUT2D eigenvalue weighted by molar-refractivity contribution is 7.89. The molecule has 0 spiro atoms. The van der Waals surface area contributed by atoms with Crippen LogP contribution < -0.4 is 10.5 Å². The molecule has 8 nitrogen and oxygen atoms in total. The number of hydrogen-bond acceptors (Lipinski definition) is 6. The van der Waals surface area contributed by atoms with Crippen molar-refractivity contribution in [2.24, 2.45) is 0 Å². The minimum atomic E-state index is -3.69. The van der Waals surface area contributed by atoms with E-state index in [4.69, 9.17) is 10.5 Å². The normalized spacial score (nSPS) is 16.9. The number of ether oxygens (including phenoxy) is 1. The molecule has 2 aromatic rings. The summed E-state index contributed by atoms with van der Waals surface area (Å²) in [6, 6.07) is 12.1. The van der Waals surface area contributed by atoms with E-state index >= 15 is 0 Å². The van der Waals surface area contributed by atoms with E-state index in [0.717, 1.165) is 0 Å². The standard InChI is InChI=1S/C17H21N3O5S2/c1-25-15-4-8-17(9-5-15)27(23,24)20-12-10-19(11-13-20)26(21,22)16-6-2-14(18)3-7-16/h2-9H,10-13,18H2,1H3. The Morgan fingerprint density at radius 3 is 1.48 bits per heavy atom. The molecule has 0 saturated carbocycles. The molecular formula is C17H21N3O5S2. The van der Waals surface area contributed by atoms with Crippen molar-refractivity contribution in [2.45, 2.75) is 9.79 Å². The van der Waals surface area contributed by atoms with Gasteiger partial charge in [0.15, 0.2) is 0 Å². The fraction of sp³-hybridized carbons (Fsp3) is 0.294. The minimum Gasteiger partial charge on any atom is -0.497 e. The van der Waals surface area contributed by atoms with Crippen molar-refractivity contribution in [3.05, 3.63) is 48.5 Å². The van der Waals surface area contributed by atoms with Gasteiger partial charge in [-0.2, -0.15) is 8.61 Å². The zero-order chi connectivity index (χ0) is 19.7. The highest BCUT2D eigenvalue weighted by Gasteiger charge is 2.33. The number of anilines is 1. The van der Waals surface area contributed by atoms with Crippen LogP contribution in [0.5, 0.6) is 5.75 Å². The Kier molecular flexibility index (Phi) is 5.43. The Hall–Kier alpha value is -2.14. The monoisotopic (exact) mass is 411 g/mol. The second kappa shape index (κ2) is 7.47. The zero-order valence-electron chi connectivity index (χ0n) is 14.8. The van der Waals surface area contributed by atoms with E-state index in [0.29, 0.717) is 11.4 Å². The van der Waals surface area contributed by atoms with Crippen molar-refractivity contribution < 1.29 is 21.6 Å². The lowest BCUT2D eigenvalue weighted by atomic mass is 10.3. The Morgan fingerprint density at radius 1 is 0.741 bits per heavy atom. The summed E-state index contributed by atoms with van der Waals surface area (Å²) in [5, 5.41) is 0. The first-order chi connectivity index (χ1) is 12.7. The zero-order valence-corrected chi connectivity index (χ0v) is 16.4. The third kappa shape index (κ3) is 3.93. The van der Waals surface area contributed by atoms with Crippen LogP contribution in [0.25, 0.3) is 0 Å². The average molecular weight is 412 g/mol. The highest BCUT2D eigenvalue weighted by Crippen LogP contribution is 2.23. The third-order valence-electron chi connectivity index (χ3n) is 4.41. The number of sulfonamides is 2. The highest BCUT2D eigenvalue weighted by atomic mass is 32.2. The molecule has 0 atom stereocenters. The number of nitrogens with zero attached hydrogens (tertiary/aromatic N) is 2. The molecule has 3 rings (SSSR count). The second-order valence-electron chi connectivity index (χ2n) is 6.05. The maximum absolute atomic E-state index is 12.8. The van der Waals surface area contributed by atoms with Gasteiger partial charge in [-0.1, -0.05) is 0 Å². The summed E-state index contributed by atoms with van der Waals surface area (Å²) in [4.78, 5) is 0.293. The molecule has 0 bridgehead atoms. The molecule has 1 saturated heterocycles. The van der Waals surface area contributed by atoms with Crippen molar-refractivity contribution in [2.75, 3.05) is 39.0 Å². The molecule has 1 heterocycles. The Morgan fingerprint density at radius 2 is 1.11 bits per heavy atom. The van der Waals surface area contributed by atoms with Crippen LogP contribution in [0.4, 0.5) is 5.69 Å². The first-order valence-corrected chi connectivity index (χ1v) is 11.1. The number of piperazine rings is 1. The van der Waals surface area contributed by atoms with Crippen LogP contribution in [0.3, 0.4) is 0 Å². The van der Waals surface area contributed by atoms with Gasteiger partial charge in [-0.05, 0) is 48.5 Å². The molecule has 1 aliphatic rings. The number of hydrogen-bond donors (Lipinski definition) is 1. The maximum Gasteiger partial charge on any atom is 0.243 e. The summed E-state index contributed by atoms with van der Waals surface area (Å²) in [5.41, 5.74) is 6.07. The van der Waals surface area contributed by atoms with Gasteiger partial charge in [0.1, 0.15) is 5.75 Å². The quantitative estimate of drug-likeness (QED) is 0.734. The summed E-state index contributed by atoms with van der Waals surface area (Å²) >= 11 is 0. The average Bonchev–Trinajstić information content (AvgIpc) is 2.68. The number of nitrogens with two attached hydrogens (primary N) is 1. The van der Waals surface area contributed by atoms with Crippen LogP contribution in [0.1, 0.15) is 0 Å². The molecular weight excluding hydrogens is 390 g/mol. The van der Waals surface area contributed by atoms with Gasteiger partial charge in [-0.25, -0.2) is 16.8 Å². The van der Waals surface area contributed by atoms with Gasteiger partial charge in [0.25, 0.3) is 0 Å². The molecule has 2 N–H and O–H groups in total. The third-order valence-corrected chi connectivity index (χ3v) is 8.24. The van der Waals surface area contributed by atoms with Gasteiger partial charge >= 0.3 is 0 Å². The smallest absolute Gasteiger partial charge is 0.243 e. The van der Waals surface area contributed by atoms with E-state index in [2.05, 4.69) is 0 Å². The van der Waals surface area contributed by atoms with E-state index in [-0.39, 0.29) is 36.0 Å². The van der Waals surface area contributed by atoms with Crippen molar-refractivity contribution in [1.82, 2.24) is 8.61 Å². The number of benzene rings is 2. The first kappa shape index (κ1) is 19.6. The summed E-state index contributed by atoms with van der Waals surface area (Å²) in [5.74, 6) is 0.563. The molecule has 0 unspecified atom stereocenters. The van der Waals surface area contributed by atoms with Gasteiger partial charge in [0.05, 0.1) is 16.9 Å². The van der Waals surface area contributed by atoms with Crippen LogP contribution in [-0.4, -0.2) is 58.7 Å². The number of rotatable bonds is 5. The summed E-state index contributed by atoms with van der Waals surface area (Å²) in [6.45, 7) is 0.343. The van der Waals surface area contributed by atoms with Crippen molar-refractivity contribution in [3.8, 4) is 5.75 Å². The van der Waals surface area contributed by atoms with Crippen LogP contribution in [-0.2, 0) is 20.0 Å². The Bertz CT molecular complexity index is 996. The van der Waals surface area contributed by atoms with Crippen LogP contribution in [0.2, 0.25) is 0 Å². The van der Waals surface area contributed by atoms with E-state index in [9.17, 15) is 16.8 Å². The van der Waals surface area contributed by atoms with Crippen molar-refractivity contribution in [3.63, 3.8) is 0 Å². The van der Waals surface area contributed by atoms with Gasteiger partial charge in [-0.3, -0.25) is 0 Å². The van der Waals surface area contributed by atoms with E-state index in [1.165, 1.54) is 52.1 Å². The molecule has 0 radical (unpaired) electrons. The molecule has 1 fully saturated rings. The molecule has 0 aromatic heterocycles. The van der Waals surface area contributed by atoms with Crippen molar-refractivity contribution in [1.29, 1.82) is 0 Å². The van der Waals surface area contributed by atoms with Gasteiger partial charge < -0.3 is 10.5 Å². The van der Waals surface area contributed by atoms with Crippen molar-refractivity contribution >= 4 is 25.7 Å². The summed E-state index contributed by atoms with van der Waals surface area (Å²) < 4.78 is 58.5. The fourth-order valence-corrected chi connectivity index (χ4v) is 5.68. The topological polar surface area (TPSA) is 110 Å². The van der Waals surface area contributed by atoms with Gasteiger partial charge in [0.2, 0.25) is 20.0 Å². The number of methoxy groups -OCH3 is 1. The summed E-state index contributed by atoms with van der Waals surface area (Å²) in [6.07, 6.45) is 0. The number of nitrogen functional groups attached to an aromatic ring is 1. The van der Waals surface area contributed by atoms with Crippen LogP contribution in [0, 0.1) is 0 Å². The van der Waals surface area contributed by atoms with Gasteiger partial charge in [0, 0.05) is 31.9 Å². The second-order valence-corrected chi connectivity index (χ2v) is 9.93. The molecule has 1 aliphatic heterocycles. The molecule has 146 valence electrons. The Labute approximate surface area is 159 Å². The molecule has 0 aliphatic carbocycles. The van der Waals surface area contributed by atoms with E-state index in [1.54, 1.807) is 12.1 Å². The van der Waals surface area contributed by atoms with E-state index in [1.807, 2.05) is 0 Å². The lowest BCUT2D eigenvalue weighted by Crippen LogP contribution is -2.50. The molecule has 10 heteroatoms. The van der Waals surface area contributed by atoms with Crippen LogP contribution >= 0.6 is 0 Å². The lowest BCUT2D eigenvalue weighted by Gasteiger charge is -2.33. The van der Waals surface area contributed by atoms with E-state index < -0.39 is 20.0 Å². The predicted octanol–water partition coefficient (Wildman–Crippen LogP) is 0.973. The molecule has 2 aromatic carbocycles. The van der Waals surface area contributed by atoms with Crippen LogP contribution in [0.15, 0.2) is 58.3 Å². The summed E-state index contributed by atoms with van der Waals surface area (Å²) in [7, 11) is -5.86. The fourth-order valence-electron chi connectivity index (χ4n) is 2.84. The SMILES string of the molecule is COc1ccc(S(=O)(=O)N2CCN(S(=O)(=O)c3ccc(N)cc3)CC2)cc1. The maximum atomic E-state index is 12.8. The minimum absolute atomic E-state index is 0.0854. The predicted molar refractivity (Wildman–Crippen MR) is 101 cm³/mol.